The second kappa shape index (κ2) is 8.29. The third-order valence-electron chi connectivity index (χ3n) is 3.65. The number of carbonyl (C=O) groups is 1. The number of halogens is 1. The molecule has 0 saturated carbocycles. The number of nitro groups is 1. The number of furan rings is 1. The molecule has 3 aromatic rings. The fraction of sp³-hybridized carbons (Fsp3) is 0.0526. The van der Waals surface area contributed by atoms with Crippen LogP contribution in [-0.4, -0.2) is 17.0 Å². The van der Waals surface area contributed by atoms with Crippen molar-refractivity contribution >= 4 is 29.4 Å². The monoisotopic (exact) mass is 383 g/mol. The fourth-order valence-corrected chi connectivity index (χ4v) is 2.45. The molecule has 0 aliphatic carbocycles. The van der Waals surface area contributed by atoms with E-state index in [9.17, 15) is 14.9 Å². The van der Waals surface area contributed by atoms with E-state index in [2.05, 4.69) is 10.5 Å². The van der Waals surface area contributed by atoms with E-state index in [0.717, 1.165) is 5.56 Å². The van der Waals surface area contributed by atoms with Gasteiger partial charge in [-0.3, -0.25) is 14.9 Å². The van der Waals surface area contributed by atoms with Gasteiger partial charge in [0.15, 0.2) is 0 Å². The maximum absolute atomic E-state index is 11.9. The highest BCUT2D eigenvalue weighted by Gasteiger charge is 2.07. The number of nitrogens with zero attached hydrogens (tertiary/aromatic N) is 2. The van der Waals surface area contributed by atoms with Gasteiger partial charge in [0, 0.05) is 22.7 Å². The molecule has 0 spiro atoms. The van der Waals surface area contributed by atoms with E-state index in [4.69, 9.17) is 16.0 Å². The van der Waals surface area contributed by atoms with Crippen molar-refractivity contribution in [2.75, 3.05) is 0 Å². The fourth-order valence-electron chi connectivity index (χ4n) is 2.32. The number of nitrogens with one attached hydrogen (secondary N) is 1. The molecule has 0 radical (unpaired) electrons. The van der Waals surface area contributed by atoms with Crippen LogP contribution in [-0.2, 0) is 11.2 Å². The van der Waals surface area contributed by atoms with Crippen molar-refractivity contribution in [1.29, 1.82) is 0 Å². The smallest absolute Gasteiger partial charge is 0.269 e. The van der Waals surface area contributed by atoms with Crippen molar-refractivity contribution in [3.8, 4) is 11.3 Å². The number of nitro benzene ring substituents is 1. The number of rotatable bonds is 6. The summed E-state index contributed by atoms with van der Waals surface area (Å²) in [5, 5.41) is 15.1. The molecule has 1 heterocycles. The van der Waals surface area contributed by atoms with Crippen molar-refractivity contribution < 1.29 is 14.1 Å². The van der Waals surface area contributed by atoms with Crippen LogP contribution in [0, 0.1) is 10.1 Å². The van der Waals surface area contributed by atoms with E-state index < -0.39 is 4.92 Å². The Balaban J connectivity index is 1.55. The molecule has 27 heavy (non-hydrogen) atoms. The summed E-state index contributed by atoms with van der Waals surface area (Å²) >= 11 is 5.86. The van der Waals surface area contributed by atoms with Crippen LogP contribution in [0.1, 0.15) is 11.3 Å². The Morgan fingerprint density at radius 3 is 2.48 bits per heavy atom. The van der Waals surface area contributed by atoms with Crippen LogP contribution in [0.4, 0.5) is 5.69 Å². The van der Waals surface area contributed by atoms with Gasteiger partial charge in [0.2, 0.25) is 5.91 Å². The molecule has 1 aromatic heterocycles. The van der Waals surface area contributed by atoms with Crippen molar-refractivity contribution in [2.45, 2.75) is 6.42 Å². The highest BCUT2D eigenvalue weighted by molar-refractivity contribution is 6.30. The van der Waals surface area contributed by atoms with Crippen LogP contribution in [0.5, 0.6) is 0 Å². The SMILES string of the molecule is O=C(Cc1ccc([N+](=O)[O-])cc1)N/N=C\c1ccc(-c2ccc(Cl)cc2)o1. The summed E-state index contributed by atoms with van der Waals surface area (Å²) in [7, 11) is 0. The first kappa shape index (κ1) is 18.3. The molecule has 3 rings (SSSR count). The molecule has 7 nitrogen and oxygen atoms in total. The number of hydrazone groups is 1. The first-order valence-electron chi connectivity index (χ1n) is 7.92. The van der Waals surface area contributed by atoms with Gasteiger partial charge < -0.3 is 4.42 Å². The zero-order valence-corrected chi connectivity index (χ0v) is 14.7. The average Bonchev–Trinajstić information content (AvgIpc) is 3.11. The van der Waals surface area contributed by atoms with Gasteiger partial charge in [0.25, 0.3) is 5.69 Å². The molecular weight excluding hydrogens is 370 g/mol. The van der Waals surface area contributed by atoms with Gasteiger partial charge in [0.1, 0.15) is 11.5 Å². The minimum absolute atomic E-state index is 0.0218. The second-order valence-corrected chi connectivity index (χ2v) is 6.04. The van der Waals surface area contributed by atoms with E-state index in [1.54, 1.807) is 24.3 Å². The van der Waals surface area contributed by atoms with Crippen molar-refractivity contribution in [3.63, 3.8) is 0 Å². The van der Waals surface area contributed by atoms with Crippen molar-refractivity contribution in [2.24, 2.45) is 5.10 Å². The van der Waals surface area contributed by atoms with Gasteiger partial charge in [-0.2, -0.15) is 5.10 Å². The summed E-state index contributed by atoms with van der Waals surface area (Å²) in [6, 6.07) is 16.5. The molecule has 2 aromatic carbocycles. The number of non-ortho nitro benzene ring substituents is 1. The Morgan fingerprint density at radius 2 is 1.81 bits per heavy atom. The van der Waals surface area contributed by atoms with Crippen LogP contribution in [0.15, 0.2) is 70.2 Å². The lowest BCUT2D eigenvalue weighted by molar-refractivity contribution is -0.384. The Hall–Kier alpha value is -3.45. The molecule has 1 amide bonds. The summed E-state index contributed by atoms with van der Waals surface area (Å²) in [5.41, 5.74) is 3.90. The molecule has 1 N–H and O–H groups in total. The molecule has 0 aliphatic heterocycles. The first-order chi connectivity index (χ1) is 13.0. The molecule has 136 valence electrons. The van der Waals surface area contributed by atoms with Crippen LogP contribution >= 0.6 is 11.6 Å². The average molecular weight is 384 g/mol. The van der Waals surface area contributed by atoms with E-state index in [1.807, 2.05) is 12.1 Å². The number of hydrogen-bond acceptors (Lipinski definition) is 5. The van der Waals surface area contributed by atoms with Gasteiger partial charge >= 0.3 is 0 Å². The third-order valence-corrected chi connectivity index (χ3v) is 3.90. The molecule has 0 unspecified atom stereocenters. The Labute approximate surface area is 159 Å². The lowest BCUT2D eigenvalue weighted by atomic mass is 10.1. The maximum atomic E-state index is 11.9. The Kier molecular flexibility index (Phi) is 5.63. The van der Waals surface area contributed by atoms with E-state index in [0.29, 0.717) is 22.1 Å². The summed E-state index contributed by atoms with van der Waals surface area (Å²) in [4.78, 5) is 22.0. The van der Waals surface area contributed by atoms with E-state index in [1.165, 1.54) is 30.5 Å². The van der Waals surface area contributed by atoms with Crippen LogP contribution in [0.3, 0.4) is 0 Å². The van der Waals surface area contributed by atoms with Crippen molar-refractivity contribution in [1.82, 2.24) is 5.43 Å². The molecule has 0 aliphatic rings. The number of benzene rings is 2. The normalized spacial score (nSPS) is 10.9. The van der Waals surface area contributed by atoms with Crippen molar-refractivity contribution in [3.05, 3.63) is 87.1 Å². The predicted octanol–water partition coefficient (Wildman–Crippen LogP) is 4.20. The second-order valence-electron chi connectivity index (χ2n) is 5.60. The van der Waals surface area contributed by atoms with Crippen LogP contribution in [0.2, 0.25) is 5.02 Å². The zero-order chi connectivity index (χ0) is 19.2. The maximum Gasteiger partial charge on any atom is 0.269 e. The lowest BCUT2D eigenvalue weighted by Crippen LogP contribution is -2.19. The number of hydrogen-bond donors (Lipinski definition) is 1. The minimum atomic E-state index is -0.490. The minimum Gasteiger partial charge on any atom is -0.455 e. The van der Waals surface area contributed by atoms with Gasteiger partial charge in [0.05, 0.1) is 17.6 Å². The zero-order valence-electron chi connectivity index (χ0n) is 14.0. The molecule has 0 atom stereocenters. The highest BCUT2D eigenvalue weighted by Crippen LogP contribution is 2.23. The topological polar surface area (TPSA) is 97.7 Å². The largest absolute Gasteiger partial charge is 0.455 e. The van der Waals surface area contributed by atoms with Gasteiger partial charge in [-0.05, 0) is 42.0 Å². The summed E-state index contributed by atoms with van der Waals surface area (Å²) < 4.78 is 5.64. The Bertz CT molecular complexity index is 979. The van der Waals surface area contributed by atoms with E-state index in [-0.39, 0.29) is 18.0 Å². The van der Waals surface area contributed by atoms with E-state index >= 15 is 0 Å². The summed E-state index contributed by atoms with van der Waals surface area (Å²) in [6.07, 6.45) is 1.46. The van der Waals surface area contributed by atoms with Gasteiger partial charge in [-0.1, -0.05) is 23.7 Å². The van der Waals surface area contributed by atoms with Crippen LogP contribution in [0.25, 0.3) is 11.3 Å². The highest BCUT2D eigenvalue weighted by atomic mass is 35.5. The molecule has 0 bridgehead atoms. The molecule has 8 heteroatoms. The lowest BCUT2D eigenvalue weighted by Gasteiger charge is -2.00. The number of amides is 1. The standard InChI is InChI=1S/C19H14ClN3O4/c20-15-5-3-14(4-6-15)18-10-9-17(27-18)12-21-22-19(24)11-13-1-7-16(8-2-13)23(25)26/h1-10,12H,11H2,(H,22,24)/b21-12-. The molecule has 0 fully saturated rings. The number of carbonyl (C=O) groups excluding carboxylic acids is 1. The van der Waals surface area contributed by atoms with Gasteiger partial charge in [-0.15, -0.1) is 0 Å². The van der Waals surface area contributed by atoms with Gasteiger partial charge in [-0.25, -0.2) is 5.43 Å². The summed E-state index contributed by atoms with van der Waals surface area (Å²) in [5.74, 6) is 0.797. The molecular formula is C19H14ClN3O4. The first-order valence-corrected chi connectivity index (χ1v) is 8.30. The summed E-state index contributed by atoms with van der Waals surface area (Å²) in [6.45, 7) is 0. The predicted molar refractivity (Wildman–Crippen MR) is 102 cm³/mol. The Morgan fingerprint density at radius 1 is 1.11 bits per heavy atom. The molecule has 0 saturated heterocycles. The van der Waals surface area contributed by atoms with Crippen LogP contribution < -0.4 is 5.43 Å². The third kappa shape index (κ3) is 5.02. The quantitative estimate of drug-likeness (QED) is 0.391.